The number of hydrogen-bond donors (Lipinski definition) is 1. The molecule has 1 N–H and O–H groups in total. The molecule has 0 bridgehead atoms. The first-order valence-electron chi connectivity index (χ1n) is 8.12. The lowest BCUT2D eigenvalue weighted by Gasteiger charge is -2.41. The van der Waals surface area contributed by atoms with E-state index in [0.29, 0.717) is 24.2 Å². The number of rotatable bonds is 4. The molecule has 2 nitrogen and oxygen atoms in total. The number of nitrogens with zero attached hydrogens (tertiary/aromatic N) is 1. The molecule has 0 amide bonds. The third-order valence-corrected chi connectivity index (χ3v) is 5.23. The zero-order chi connectivity index (χ0) is 14.4. The molecule has 3 fully saturated rings. The van der Waals surface area contributed by atoms with Crippen molar-refractivity contribution in [2.75, 3.05) is 13.1 Å². The van der Waals surface area contributed by atoms with Gasteiger partial charge in [0.05, 0.1) is 0 Å². The van der Waals surface area contributed by atoms with E-state index in [1.54, 1.807) is 0 Å². The van der Waals surface area contributed by atoms with Crippen molar-refractivity contribution in [2.45, 2.75) is 44.3 Å². The Hall–Kier alpha value is -1.00. The first-order chi connectivity index (χ1) is 10.2. The van der Waals surface area contributed by atoms with Crippen LogP contribution in [0.3, 0.4) is 0 Å². The van der Waals surface area contributed by atoms with Crippen LogP contribution >= 0.6 is 0 Å². The van der Waals surface area contributed by atoms with Gasteiger partial charge in [0.1, 0.15) is 11.6 Å². The lowest BCUT2D eigenvalue weighted by atomic mass is 10.0. The van der Waals surface area contributed by atoms with Crippen molar-refractivity contribution in [3.8, 4) is 0 Å². The fourth-order valence-electron chi connectivity index (χ4n) is 3.68. The van der Waals surface area contributed by atoms with Crippen LogP contribution in [0, 0.1) is 23.5 Å². The summed E-state index contributed by atoms with van der Waals surface area (Å²) >= 11 is 0. The molecule has 1 heterocycles. The molecular weight excluding hydrogens is 270 g/mol. The summed E-state index contributed by atoms with van der Waals surface area (Å²) in [5.74, 6) is 0.912. The Balaban J connectivity index is 1.52. The van der Waals surface area contributed by atoms with Gasteiger partial charge in [0.2, 0.25) is 0 Å². The van der Waals surface area contributed by atoms with Gasteiger partial charge in [0.15, 0.2) is 0 Å². The van der Waals surface area contributed by atoms with Crippen LogP contribution in [-0.2, 0) is 6.54 Å². The first-order valence-corrected chi connectivity index (χ1v) is 8.12. The summed E-state index contributed by atoms with van der Waals surface area (Å²) < 4.78 is 27.3. The zero-order valence-electron chi connectivity index (χ0n) is 12.2. The van der Waals surface area contributed by atoms with Crippen molar-refractivity contribution in [1.29, 1.82) is 0 Å². The minimum atomic E-state index is -0.344. The quantitative estimate of drug-likeness (QED) is 0.918. The third-order valence-electron chi connectivity index (χ3n) is 5.23. The van der Waals surface area contributed by atoms with Crippen molar-refractivity contribution in [2.24, 2.45) is 11.8 Å². The van der Waals surface area contributed by atoms with Crippen molar-refractivity contribution < 1.29 is 8.78 Å². The standard InChI is InChI=1S/C17H22F2N2/c18-14-5-6-15(19)13(7-14)9-21-10-16(11-1-2-11)20-8-17(21)12-3-4-12/h5-7,11-12,16-17,20H,1-4,8-10H2. The maximum atomic E-state index is 13.9. The summed E-state index contributed by atoms with van der Waals surface area (Å²) in [5.41, 5.74) is 0.497. The highest BCUT2D eigenvalue weighted by Crippen LogP contribution is 2.40. The smallest absolute Gasteiger partial charge is 0.127 e. The van der Waals surface area contributed by atoms with Gasteiger partial charge in [-0.15, -0.1) is 0 Å². The van der Waals surface area contributed by atoms with Crippen LogP contribution in [0.5, 0.6) is 0 Å². The number of piperazine rings is 1. The van der Waals surface area contributed by atoms with Crippen LogP contribution in [0.15, 0.2) is 18.2 Å². The Morgan fingerprint density at radius 3 is 2.57 bits per heavy atom. The first kappa shape index (κ1) is 13.6. The largest absolute Gasteiger partial charge is 0.311 e. The molecular formula is C17H22F2N2. The Labute approximate surface area is 124 Å². The average Bonchev–Trinajstić information content (AvgIpc) is 3.36. The minimum absolute atomic E-state index is 0.285. The van der Waals surface area contributed by atoms with Gasteiger partial charge in [0.25, 0.3) is 0 Å². The Kier molecular flexibility index (Phi) is 3.46. The maximum absolute atomic E-state index is 13.9. The molecule has 3 aliphatic rings. The molecule has 1 aromatic carbocycles. The van der Waals surface area contributed by atoms with Gasteiger partial charge >= 0.3 is 0 Å². The minimum Gasteiger partial charge on any atom is -0.311 e. The van der Waals surface area contributed by atoms with E-state index >= 15 is 0 Å². The van der Waals surface area contributed by atoms with E-state index in [4.69, 9.17) is 0 Å². The van der Waals surface area contributed by atoms with Gasteiger partial charge in [-0.25, -0.2) is 8.78 Å². The second-order valence-electron chi connectivity index (χ2n) is 6.92. The SMILES string of the molecule is Fc1ccc(F)c(CN2CC(C3CC3)NCC2C2CC2)c1. The van der Waals surface area contributed by atoms with Crippen LogP contribution in [0.25, 0.3) is 0 Å². The fraction of sp³-hybridized carbons (Fsp3) is 0.647. The van der Waals surface area contributed by atoms with Crippen LogP contribution in [0.4, 0.5) is 8.78 Å². The summed E-state index contributed by atoms with van der Waals surface area (Å²) in [6.45, 7) is 2.51. The van der Waals surface area contributed by atoms with Crippen molar-refractivity contribution in [1.82, 2.24) is 10.2 Å². The summed E-state index contributed by atoms with van der Waals surface area (Å²) in [7, 11) is 0. The molecule has 21 heavy (non-hydrogen) atoms. The van der Waals surface area contributed by atoms with Crippen molar-refractivity contribution >= 4 is 0 Å². The van der Waals surface area contributed by atoms with Gasteiger partial charge in [-0.1, -0.05) is 0 Å². The number of benzene rings is 1. The van der Waals surface area contributed by atoms with E-state index in [-0.39, 0.29) is 11.6 Å². The zero-order valence-corrected chi connectivity index (χ0v) is 12.2. The van der Waals surface area contributed by atoms with Crippen molar-refractivity contribution in [3.05, 3.63) is 35.4 Å². The molecule has 1 saturated heterocycles. The molecule has 4 heteroatoms. The summed E-state index contributed by atoms with van der Waals surface area (Å²) in [4.78, 5) is 2.40. The number of halogens is 2. The van der Waals surface area contributed by atoms with Crippen LogP contribution in [-0.4, -0.2) is 30.1 Å². The topological polar surface area (TPSA) is 15.3 Å². The van der Waals surface area contributed by atoms with E-state index in [1.165, 1.54) is 43.9 Å². The van der Waals surface area contributed by atoms with Crippen LogP contribution < -0.4 is 5.32 Å². The summed E-state index contributed by atoms with van der Waals surface area (Å²) in [5, 5.41) is 3.68. The van der Waals surface area contributed by atoms with Crippen LogP contribution in [0.1, 0.15) is 31.2 Å². The van der Waals surface area contributed by atoms with E-state index in [9.17, 15) is 8.78 Å². The van der Waals surface area contributed by atoms with Crippen LogP contribution in [0.2, 0.25) is 0 Å². The van der Waals surface area contributed by atoms with E-state index < -0.39 is 0 Å². The summed E-state index contributed by atoms with van der Waals surface area (Å²) in [6.07, 6.45) is 5.19. The highest BCUT2D eigenvalue weighted by Gasteiger charge is 2.42. The molecule has 4 rings (SSSR count). The Morgan fingerprint density at radius 1 is 1.10 bits per heavy atom. The van der Waals surface area contributed by atoms with Gasteiger partial charge < -0.3 is 5.32 Å². The van der Waals surface area contributed by atoms with Crippen molar-refractivity contribution in [3.63, 3.8) is 0 Å². The van der Waals surface area contributed by atoms with E-state index in [0.717, 1.165) is 24.9 Å². The number of hydrogen-bond acceptors (Lipinski definition) is 2. The Bertz CT molecular complexity index is 526. The highest BCUT2D eigenvalue weighted by molar-refractivity contribution is 5.19. The van der Waals surface area contributed by atoms with Gasteiger partial charge in [-0.3, -0.25) is 4.90 Å². The summed E-state index contributed by atoms with van der Waals surface area (Å²) in [6, 6.07) is 4.83. The second-order valence-corrected chi connectivity index (χ2v) is 6.92. The van der Waals surface area contributed by atoms with Gasteiger partial charge in [-0.05, 0) is 55.7 Å². The van der Waals surface area contributed by atoms with E-state index in [1.807, 2.05) is 0 Å². The maximum Gasteiger partial charge on any atom is 0.127 e. The molecule has 1 aliphatic heterocycles. The predicted octanol–water partition coefficient (Wildman–Crippen LogP) is 2.93. The van der Waals surface area contributed by atoms with E-state index in [2.05, 4.69) is 10.2 Å². The van der Waals surface area contributed by atoms with Gasteiger partial charge in [-0.2, -0.15) is 0 Å². The monoisotopic (exact) mass is 292 g/mol. The molecule has 0 spiro atoms. The lowest BCUT2D eigenvalue weighted by Crippen LogP contribution is -2.57. The molecule has 0 aromatic heterocycles. The average molecular weight is 292 g/mol. The number of nitrogens with one attached hydrogen (secondary N) is 1. The molecule has 2 unspecified atom stereocenters. The molecule has 2 atom stereocenters. The molecule has 114 valence electrons. The fourth-order valence-corrected chi connectivity index (χ4v) is 3.68. The third kappa shape index (κ3) is 2.97. The normalized spacial score (nSPS) is 30.6. The van der Waals surface area contributed by atoms with Gasteiger partial charge in [0, 0.05) is 37.3 Å². The predicted molar refractivity (Wildman–Crippen MR) is 77.8 cm³/mol. The highest BCUT2D eigenvalue weighted by atomic mass is 19.1. The Morgan fingerprint density at radius 2 is 1.86 bits per heavy atom. The molecule has 1 aromatic rings. The second kappa shape index (κ2) is 5.33. The molecule has 2 saturated carbocycles. The lowest BCUT2D eigenvalue weighted by molar-refractivity contribution is 0.0991. The molecule has 0 radical (unpaired) electrons. The molecule has 2 aliphatic carbocycles.